The predicted octanol–water partition coefficient (Wildman–Crippen LogP) is 0.122. The molecule has 0 radical (unpaired) electrons. The molecule has 14 heteroatoms. The summed E-state index contributed by atoms with van der Waals surface area (Å²) in [6.45, 7) is 4.32. The molecule has 0 aromatic carbocycles. The van der Waals surface area contributed by atoms with Crippen molar-refractivity contribution in [1.29, 1.82) is 0 Å². The first kappa shape index (κ1) is 23.6. The first-order valence-electron chi connectivity index (χ1n) is 8.57. The van der Waals surface area contributed by atoms with Crippen LogP contribution in [0.2, 0.25) is 0 Å². The lowest BCUT2D eigenvalue weighted by Crippen LogP contribution is -2.69. The molecule has 1 saturated heterocycles. The summed E-state index contributed by atoms with van der Waals surface area (Å²) in [5.41, 5.74) is -1.08. The number of carbonyl (C=O) groups excluding carboxylic acids is 3. The second-order valence-corrected chi connectivity index (χ2v) is 9.08. The summed E-state index contributed by atoms with van der Waals surface area (Å²) in [4.78, 5) is 44.9. The zero-order chi connectivity index (χ0) is 22.9. The summed E-state index contributed by atoms with van der Waals surface area (Å²) in [6.07, 6.45) is 1.47. The molecule has 0 bridgehead atoms. The SMILES string of the molecule is CON=C(C(=O)[N+](C)=CCC1C(=O)N(S(=O)(=O)O)C1(C)C)c1csc(NC(C)=O)n1. The third kappa shape index (κ3) is 4.71. The van der Waals surface area contributed by atoms with Crippen LogP contribution in [0.3, 0.4) is 0 Å². The van der Waals surface area contributed by atoms with Gasteiger partial charge in [0.1, 0.15) is 26.1 Å². The Kier molecular flexibility index (Phi) is 6.73. The highest BCUT2D eigenvalue weighted by atomic mass is 32.2. The monoisotopic (exact) mass is 460 g/mol. The number of likely N-dealkylation sites (N-methyl/N-ethyl adjacent to an activating group) is 1. The molecular formula is C16H22N5O7S2+. The van der Waals surface area contributed by atoms with E-state index >= 15 is 0 Å². The maximum Gasteiger partial charge on any atom is 0.443 e. The molecule has 3 amide bonds. The number of nitrogens with zero attached hydrogens (tertiary/aromatic N) is 4. The van der Waals surface area contributed by atoms with Gasteiger partial charge in [-0.15, -0.1) is 11.3 Å². The normalized spacial score (nSPS) is 19.3. The van der Waals surface area contributed by atoms with Crippen molar-refractivity contribution < 1.29 is 36.8 Å². The summed E-state index contributed by atoms with van der Waals surface area (Å²) >= 11 is 1.10. The molecule has 1 aliphatic rings. The molecule has 0 spiro atoms. The van der Waals surface area contributed by atoms with E-state index in [1.807, 2.05) is 0 Å². The Labute approximate surface area is 177 Å². The highest BCUT2D eigenvalue weighted by molar-refractivity contribution is 7.84. The van der Waals surface area contributed by atoms with Gasteiger partial charge in [-0.25, -0.2) is 14.1 Å². The Morgan fingerprint density at radius 1 is 1.50 bits per heavy atom. The van der Waals surface area contributed by atoms with E-state index in [0.29, 0.717) is 4.31 Å². The summed E-state index contributed by atoms with van der Waals surface area (Å²) in [5.74, 6) is -2.41. The summed E-state index contributed by atoms with van der Waals surface area (Å²) < 4.78 is 33.5. The van der Waals surface area contributed by atoms with Crippen molar-refractivity contribution in [3.8, 4) is 0 Å². The summed E-state index contributed by atoms with van der Waals surface area (Å²) in [7, 11) is -1.96. The van der Waals surface area contributed by atoms with Crippen LogP contribution in [0.15, 0.2) is 10.5 Å². The Hall–Kier alpha value is -2.71. The summed E-state index contributed by atoms with van der Waals surface area (Å²) in [5, 5.41) is 8.02. The topological polar surface area (TPSA) is 158 Å². The molecule has 2 rings (SSSR count). The largest absolute Gasteiger partial charge is 0.443 e. The van der Waals surface area contributed by atoms with E-state index in [2.05, 4.69) is 15.5 Å². The maximum absolute atomic E-state index is 12.8. The zero-order valence-electron chi connectivity index (χ0n) is 16.9. The first-order chi connectivity index (χ1) is 13.8. The molecule has 30 heavy (non-hydrogen) atoms. The van der Waals surface area contributed by atoms with Gasteiger partial charge < -0.3 is 10.2 Å². The van der Waals surface area contributed by atoms with Crippen LogP contribution in [0, 0.1) is 5.92 Å². The van der Waals surface area contributed by atoms with Crippen LogP contribution in [0.4, 0.5) is 5.13 Å². The van der Waals surface area contributed by atoms with Gasteiger partial charge in [0.2, 0.25) is 17.5 Å². The number of hydrogen-bond donors (Lipinski definition) is 2. The number of thiazole rings is 1. The number of aromatic nitrogens is 1. The lowest BCUT2D eigenvalue weighted by molar-refractivity contribution is -0.407. The molecule has 1 aliphatic heterocycles. The molecule has 164 valence electrons. The first-order valence-corrected chi connectivity index (χ1v) is 10.8. The third-order valence-corrected chi connectivity index (χ3v) is 6.33. The van der Waals surface area contributed by atoms with Crippen LogP contribution in [0.5, 0.6) is 0 Å². The van der Waals surface area contributed by atoms with Crippen LogP contribution < -0.4 is 5.32 Å². The van der Waals surface area contributed by atoms with Gasteiger partial charge in [0, 0.05) is 18.7 Å². The molecule has 1 unspecified atom stereocenters. The number of nitrogens with one attached hydrogen (secondary N) is 1. The third-order valence-electron chi connectivity index (χ3n) is 4.46. The molecule has 1 aromatic heterocycles. The molecule has 1 aromatic rings. The molecule has 2 heterocycles. The van der Waals surface area contributed by atoms with E-state index in [9.17, 15) is 27.4 Å². The molecular weight excluding hydrogens is 438 g/mol. The second-order valence-electron chi connectivity index (χ2n) is 6.96. The van der Waals surface area contributed by atoms with Crippen LogP contribution in [0.25, 0.3) is 0 Å². The minimum atomic E-state index is -4.66. The second kappa shape index (κ2) is 8.57. The van der Waals surface area contributed by atoms with Crippen molar-refractivity contribution in [3.63, 3.8) is 0 Å². The zero-order valence-corrected chi connectivity index (χ0v) is 18.6. The van der Waals surface area contributed by atoms with Crippen molar-refractivity contribution in [2.45, 2.75) is 32.7 Å². The number of oxime groups is 1. The molecule has 1 fully saturated rings. The van der Waals surface area contributed by atoms with Gasteiger partial charge in [0.05, 0.1) is 11.5 Å². The van der Waals surface area contributed by atoms with E-state index in [1.165, 1.54) is 51.1 Å². The molecule has 1 atom stereocenters. The number of β-lactam (4-membered cyclic amide) rings is 1. The fraction of sp³-hybridized carbons (Fsp3) is 0.500. The molecule has 0 saturated carbocycles. The van der Waals surface area contributed by atoms with E-state index in [1.54, 1.807) is 0 Å². The smallest absolute Gasteiger partial charge is 0.398 e. The predicted molar refractivity (Wildman–Crippen MR) is 108 cm³/mol. The minimum absolute atomic E-state index is 0.0502. The fourth-order valence-electron chi connectivity index (χ4n) is 2.99. The van der Waals surface area contributed by atoms with Gasteiger partial charge >= 0.3 is 16.2 Å². The lowest BCUT2D eigenvalue weighted by Gasteiger charge is -2.50. The number of rotatable bonds is 7. The number of amides is 3. The molecule has 0 aliphatic carbocycles. The Balaban J connectivity index is 2.19. The number of hydrogen-bond acceptors (Lipinski definition) is 9. The van der Waals surface area contributed by atoms with Gasteiger partial charge in [-0.3, -0.25) is 14.1 Å². The fourth-order valence-corrected chi connectivity index (χ4v) is 4.81. The van der Waals surface area contributed by atoms with E-state index in [-0.39, 0.29) is 28.9 Å². The number of carbonyl (C=O) groups is 3. The lowest BCUT2D eigenvalue weighted by atomic mass is 9.77. The van der Waals surface area contributed by atoms with Gasteiger partial charge in [-0.2, -0.15) is 13.0 Å². The Bertz CT molecular complexity index is 1040. The van der Waals surface area contributed by atoms with Crippen molar-refractivity contribution in [1.82, 2.24) is 9.29 Å². The quantitative estimate of drug-likeness (QED) is 0.191. The Morgan fingerprint density at radius 3 is 2.63 bits per heavy atom. The van der Waals surface area contributed by atoms with Crippen molar-refractivity contribution in [2.24, 2.45) is 11.1 Å². The average molecular weight is 461 g/mol. The van der Waals surface area contributed by atoms with Gasteiger partial charge in [-0.05, 0) is 13.8 Å². The molecule has 2 N–H and O–H groups in total. The van der Waals surface area contributed by atoms with E-state index in [0.717, 1.165) is 11.3 Å². The standard InChI is InChI=1S/C16H21N5O7S2/c1-9(22)17-15-18-11(8-29-15)12(19-28-5)14(24)20(4)7-6-10-13(23)21(16(10,2)3)30(25,26)27/h7-8,10H,6H2,1-5H3,(H-,17,18,22,25,26,27)/p+1. The number of anilines is 1. The minimum Gasteiger partial charge on any atom is -0.398 e. The van der Waals surface area contributed by atoms with Gasteiger partial charge in [-0.1, -0.05) is 5.16 Å². The highest BCUT2D eigenvalue weighted by Crippen LogP contribution is 2.40. The Morgan fingerprint density at radius 2 is 2.13 bits per heavy atom. The van der Waals surface area contributed by atoms with E-state index in [4.69, 9.17) is 4.84 Å². The van der Waals surface area contributed by atoms with Crippen molar-refractivity contribution in [3.05, 3.63) is 11.1 Å². The van der Waals surface area contributed by atoms with Crippen LogP contribution in [-0.4, -0.2) is 76.2 Å². The van der Waals surface area contributed by atoms with Gasteiger partial charge in [0.15, 0.2) is 5.13 Å². The summed E-state index contributed by atoms with van der Waals surface area (Å²) in [6, 6.07) is 0. The van der Waals surface area contributed by atoms with Crippen molar-refractivity contribution >= 4 is 56.4 Å². The van der Waals surface area contributed by atoms with Crippen molar-refractivity contribution in [2.75, 3.05) is 19.5 Å². The van der Waals surface area contributed by atoms with Crippen LogP contribution in [0.1, 0.15) is 32.9 Å². The van der Waals surface area contributed by atoms with Crippen LogP contribution >= 0.6 is 11.3 Å². The molecule has 12 nitrogen and oxygen atoms in total. The van der Waals surface area contributed by atoms with Crippen LogP contribution in [-0.2, 0) is 29.5 Å². The van der Waals surface area contributed by atoms with E-state index < -0.39 is 33.6 Å². The van der Waals surface area contributed by atoms with Gasteiger partial charge in [0.25, 0.3) is 0 Å². The highest BCUT2D eigenvalue weighted by Gasteiger charge is 2.59. The maximum atomic E-state index is 12.8. The average Bonchev–Trinajstić information content (AvgIpc) is 3.04.